The number of benzene rings is 2. The molecular weight excluding hydrogens is 395 g/mol. The number of nitrogens with zero attached hydrogens (tertiary/aromatic N) is 1. The lowest BCUT2D eigenvalue weighted by Gasteiger charge is -2.34. The number of likely N-dealkylation sites (tertiary alicyclic amines) is 1. The van der Waals surface area contributed by atoms with Crippen LogP contribution in [-0.4, -0.2) is 41.9 Å². The summed E-state index contributed by atoms with van der Waals surface area (Å²) in [5.41, 5.74) is 1.86. The summed E-state index contributed by atoms with van der Waals surface area (Å²) in [7, 11) is 0. The molecule has 2 amide bonds. The molecule has 1 saturated heterocycles. The third-order valence-electron chi connectivity index (χ3n) is 5.64. The first kappa shape index (κ1) is 22.8. The molecule has 2 aromatic carbocycles. The number of hydrogen-bond donors (Lipinski definition) is 1. The van der Waals surface area contributed by atoms with Gasteiger partial charge in [0.05, 0.1) is 6.42 Å². The fourth-order valence-corrected chi connectivity index (χ4v) is 3.87. The summed E-state index contributed by atoms with van der Waals surface area (Å²) >= 11 is 0. The first-order valence-electron chi connectivity index (χ1n) is 10.9. The van der Waals surface area contributed by atoms with Gasteiger partial charge in [-0.2, -0.15) is 0 Å². The minimum absolute atomic E-state index is 0.0327. The molecule has 0 bridgehead atoms. The predicted molar refractivity (Wildman–Crippen MR) is 118 cm³/mol. The monoisotopic (exact) mass is 426 g/mol. The van der Waals surface area contributed by atoms with Crippen LogP contribution in [-0.2, 0) is 16.0 Å². The maximum atomic E-state index is 13.0. The molecule has 0 saturated carbocycles. The van der Waals surface area contributed by atoms with E-state index in [1.807, 2.05) is 29.2 Å². The maximum absolute atomic E-state index is 13.0. The Morgan fingerprint density at radius 2 is 1.71 bits per heavy atom. The lowest BCUT2D eigenvalue weighted by atomic mass is 10.0. The van der Waals surface area contributed by atoms with Crippen LogP contribution in [0.1, 0.15) is 50.7 Å². The van der Waals surface area contributed by atoms with Gasteiger partial charge >= 0.3 is 0 Å². The molecule has 1 atom stereocenters. The van der Waals surface area contributed by atoms with E-state index in [0.29, 0.717) is 31.8 Å². The predicted octanol–water partition coefficient (Wildman–Crippen LogP) is 4.07. The highest BCUT2D eigenvalue weighted by atomic mass is 19.1. The van der Waals surface area contributed by atoms with E-state index in [-0.39, 0.29) is 30.1 Å². The van der Waals surface area contributed by atoms with Crippen molar-refractivity contribution < 1.29 is 18.7 Å². The second-order valence-corrected chi connectivity index (χ2v) is 8.42. The number of carbonyl (C=O) groups is 2. The zero-order chi connectivity index (χ0) is 22.4. The molecule has 6 heteroatoms. The summed E-state index contributed by atoms with van der Waals surface area (Å²) in [5.74, 6) is 0.634. The number of hydrogen-bond acceptors (Lipinski definition) is 3. The van der Waals surface area contributed by atoms with Crippen molar-refractivity contribution in [2.24, 2.45) is 0 Å². The topological polar surface area (TPSA) is 58.6 Å². The average molecular weight is 427 g/mol. The molecule has 1 N–H and O–H groups in total. The van der Waals surface area contributed by atoms with Crippen LogP contribution in [0.2, 0.25) is 0 Å². The van der Waals surface area contributed by atoms with Gasteiger partial charge in [-0.05, 0) is 55.0 Å². The van der Waals surface area contributed by atoms with E-state index >= 15 is 0 Å². The van der Waals surface area contributed by atoms with Gasteiger partial charge in [0.25, 0.3) is 5.91 Å². The standard InChI is InChI=1S/C25H31FN2O3/c1-17(2)22-6-4-5-7-23(22)31-18(3)25(30)28-14-12-21(13-15-28)27-24(29)16-19-8-10-20(26)11-9-19/h4-11,17-18,21H,12-16H2,1-3H3,(H,27,29). The van der Waals surface area contributed by atoms with Crippen LogP contribution >= 0.6 is 0 Å². The number of carbonyl (C=O) groups excluding carboxylic acids is 2. The Morgan fingerprint density at radius 3 is 2.35 bits per heavy atom. The number of rotatable bonds is 7. The number of nitrogens with one attached hydrogen (secondary N) is 1. The Bertz CT molecular complexity index is 890. The minimum Gasteiger partial charge on any atom is -0.481 e. The van der Waals surface area contributed by atoms with E-state index in [1.54, 1.807) is 19.1 Å². The number of piperidine rings is 1. The number of para-hydroxylation sites is 1. The van der Waals surface area contributed by atoms with Crippen molar-refractivity contribution >= 4 is 11.8 Å². The number of amides is 2. The second-order valence-electron chi connectivity index (χ2n) is 8.42. The Balaban J connectivity index is 1.47. The van der Waals surface area contributed by atoms with Gasteiger partial charge in [-0.25, -0.2) is 4.39 Å². The third-order valence-corrected chi connectivity index (χ3v) is 5.64. The van der Waals surface area contributed by atoms with Gasteiger partial charge in [-0.3, -0.25) is 9.59 Å². The third kappa shape index (κ3) is 6.29. The molecule has 3 rings (SSSR count). The van der Waals surface area contributed by atoms with Crippen molar-refractivity contribution in [1.82, 2.24) is 10.2 Å². The molecule has 0 aliphatic carbocycles. The minimum atomic E-state index is -0.565. The summed E-state index contributed by atoms with van der Waals surface area (Å²) in [5, 5.41) is 3.03. The van der Waals surface area contributed by atoms with Crippen LogP contribution in [0.15, 0.2) is 48.5 Å². The van der Waals surface area contributed by atoms with E-state index in [0.717, 1.165) is 16.9 Å². The lowest BCUT2D eigenvalue weighted by Crippen LogP contribution is -2.49. The highest BCUT2D eigenvalue weighted by molar-refractivity contribution is 5.81. The van der Waals surface area contributed by atoms with Crippen LogP contribution in [0.3, 0.4) is 0 Å². The van der Waals surface area contributed by atoms with Gasteiger partial charge in [0.2, 0.25) is 5.91 Å². The fraction of sp³-hybridized carbons (Fsp3) is 0.440. The van der Waals surface area contributed by atoms with Crippen LogP contribution in [0, 0.1) is 5.82 Å². The highest BCUT2D eigenvalue weighted by Crippen LogP contribution is 2.27. The normalized spacial score (nSPS) is 15.6. The molecule has 31 heavy (non-hydrogen) atoms. The van der Waals surface area contributed by atoms with Gasteiger partial charge < -0.3 is 15.0 Å². The molecule has 1 unspecified atom stereocenters. The molecule has 1 heterocycles. The van der Waals surface area contributed by atoms with E-state index in [1.165, 1.54) is 12.1 Å². The Kier molecular flexibility index (Phi) is 7.66. The van der Waals surface area contributed by atoms with Crippen LogP contribution < -0.4 is 10.1 Å². The lowest BCUT2D eigenvalue weighted by molar-refractivity contribution is -0.139. The average Bonchev–Trinajstić information content (AvgIpc) is 2.75. The molecule has 1 aliphatic rings. The van der Waals surface area contributed by atoms with Gasteiger partial charge in [0.1, 0.15) is 11.6 Å². The zero-order valence-corrected chi connectivity index (χ0v) is 18.4. The molecule has 1 aliphatic heterocycles. The first-order chi connectivity index (χ1) is 14.8. The van der Waals surface area contributed by atoms with E-state index in [9.17, 15) is 14.0 Å². The van der Waals surface area contributed by atoms with Gasteiger partial charge in [-0.15, -0.1) is 0 Å². The second kappa shape index (κ2) is 10.4. The molecule has 0 spiro atoms. The van der Waals surface area contributed by atoms with Crippen molar-refractivity contribution in [3.8, 4) is 5.75 Å². The SMILES string of the molecule is CC(Oc1ccccc1C(C)C)C(=O)N1CCC(NC(=O)Cc2ccc(F)cc2)CC1. The van der Waals surface area contributed by atoms with Gasteiger partial charge in [-0.1, -0.05) is 44.2 Å². The Labute approximate surface area is 183 Å². The number of halogens is 1. The molecule has 0 radical (unpaired) electrons. The van der Waals surface area contributed by atoms with Gasteiger partial charge in [0.15, 0.2) is 6.10 Å². The van der Waals surface area contributed by atoms with Crippen LogP contribution in [0.4, 0.5) is 4.39 Å². The smallest absolute Gasteiger partial charge is 0.263 e. The summed E-state index contributed by atoms with van der Waals surface area (Å²) in [6.45, 7) is 7.16. The van der Waals surface area contributed by atoms with Crippen molar-refractivity contribution in [3.63, 3.8) is 0 Å². The molecule has 1 fully saturated rings. The van der Waals surface area contributed by atoms with E-state index < -0.39 is 6.10 Å². The van der Waals surface area contributed by atoms with Gasteiger partial charge in [0, 0.05) is 19.1 Å². The maximum Gasteiger partial charge on any atom is 0.263 e. The van der Waals surface area contributed by atoms with Crippen molar-refractivity contribution in [2.75, 3.05) is 13.1 Å². The first-order valence-corrected chi connectivity index (χ1v) is 10.9. The summed E-state index contributed by atoms with van der Waals surface area (Å²) in [6.07, 6.45) is 1.07. The molecule has 5 nitrogen and oxygen atoms in total. The number of ether oxygens (including phenoxy) is 1. The molecule has 2 aromatic rings. The highest BCUT2D eigenvalue weighted by Gasteiger charge is 2.28. The Morgan fingerprint density at radius 1 is 1.06 bits per heavy atom. The fourth-order valence-electron chi connectivity index (χ4n) is 3.87. The van der Waals surface area contributed by atoms with Crippen molar-refractivity contribution in [3.05, 3.63) is 65.5 Å². The molecule has 166 valence electrons. The summed E-state index contributed by atoms with van der Waals surface area (Å²) in [6, 6.07) is 13.8. The van der Waals surface area contributed by atoms with Crippen molar-refractivity contribution in [2.45, 2.75) is 58.1 Å². The van der Waals surface area contributed by atoms with Crippen LogP contribution in [0.25, 0.3) is 0 Å². The Hall–Kier alpha value is -2.89. The summed E-state index contributed by atoms with van der Waals surface area (Å²) in [4.78, 5) is 26.9. The molecular formula is C25H31FN2O3. The van der Waals surface area contributed by atoms with Crippen LogP contribution in [0.5, 0.6) is 5.75 Å². The largest absolute Gasteiger partial charge is 0.481 e. The molecule has 0 aromatic heterocycles. The van der Waals surface area contributed by atoms with E-state index in [4.69, 9.17) is 4.74 Å². The van der Waals surface area contributed by atoms with E-state index in [2.05, 4.69) is 19.2 Å². The zero-order valence-electron chi connectivity index (χ0n) is 18.4. The van der Waals surface area contributed by atoms with Crippen molar-refractivity contribution in [1.29, 1.82) is 0 Å². The summed E-state index contributed by atoms with van der Waals surface area (Å²) < 4.78 is 19.0. The quantitative estimate of drug-likeness (QED) is 0.726.